The van der Waals surface area contributed by atoms with Gasteiger partial charge in [0.15, 0.2) is 5.60 Å². The topological polar surface area (TPSA) is 119 Å². The number of aryl methyl sites for hydroxylation is 1. The number of hydrogen-bond acceptors (Lipinski definition) is 6. The van der Waals surface area contributed by atoms with Crippen LogP contribution in [0.2, 0.25) is 5.02 Å². The van der Waals surface area contributed by atoms with Crippen LogP contribution in [0, 0.1) is 0 Å². The zero-order valence-electron chi connectivity index (χ0n) is 26.0. The average Bonchev–Trinajstić information content (AvgIpc) is 3.07. The first-order valence-corrected chi connectivity index (χ1v) is 16.1. The Morgan fingerprint density at radius 2 is 1.70 bits per heavy atom. The van der Waals surface area contributed by atoms with Crippen LogP contribution in [0.1, 0.15) is 65.6 Å². The molecule has 5 rings (SSSR count). The van der Waals surface area contributed by atoms with E-state index >= 15 is 0 Å². The van der Waals surface area contributed by atoms with E-state index < -0.39 is 29.8 Å². The monoisotopic (exact) mass is 645 g/mol. The normalized spacial score (nSPS) is 20.2. The summed E-state index contributed by atoms with van der Waals surface area (Å²) in [5, 5.41) is 24.9. The van der Waals surface area contributed by atoms with E-state index in [-0.39, 0.29) is 11.1 Å². The minimum absolute atomic E-state index is 0.0606. The van der Waals surface area contributed by atoms with Crippen molar-refractivity contribution >= 4 is 40.8 Å². The molecule has 2 heterocycles. The number of nitrogens with zero attached hydrogens (tertiary/aromatic N) is 2. The lowest BCUT2D eigenvalue weighted by molar-refractivity contribution is -0.145. The third-order valence-corrected chi connectivity index (χ3v) is 8.88. The van der Waals surface area contributed by atoms with Crippen molar-refractivity contribution in [2.24, 2.45) is 0 Å². The number of halogens is 1. The number of fused-ring (bicyclic) bond motifs is 2. The number of anilines is 2. The molecule has 3 aromatic carbocycles. The molecule has 9 nitrogen and oxygen atoms in total. The third-order valence-electron chi connectivity index (χ3n) is 8.65. The maximum absolute atomic E-state index is 13.9. The van der Waals surface area contributed by atoms with Crippen LogP contribution in [0.15, 0.2) is 72.8 Å². The molecule has 2 bridgehead atoms. The van der Waals surface area contributed by atoms with Crippen LogP contribution in [0.5, 0.6) is 5.75 Å². The van der Waals surface area contributed by atoms with Gasteiger partial charge in [0.1, 0.15) is 12.4 Å². The molecule has 2 aliphatic rings. The summed E-state index contributed by atoms with van der Waals surface area (Å²) in [5.74, 6) is -1.68. The van der Waals surface area contributed by atoms with Crippen LogP contribution in [0.3, 0.4) is 0 Å². The summed E-state index contributed by atoms with van der Waals surface area (Å²) in [5.41, 5.74) is 1.33. The molecule has 0 saturated carbocycles. The molecular weight excluding hydrogens is 606 g/mol. The molecule has 0 unspecified atom stereocenters. The molecule has 0 aliphatic carbocycles. The van der Waals surface area contributed by atoms with E-state index in [0.29, 0.717) is 29.6 Å². The van der Waals surface area contributed by atoms with Crippen molar-refractivity contribution in [3.8, 4) is 5.75 Å². The number of nitrogens with one attached hydrogen (secondary N) is 1. The highest BCUT2D eigenvalue weighted by Gasteiger charge is 2.42. The summed E-state index contributed by atoms with van der Waals surface area (Å²) in [4.78, 5) is 42.4. The standard InChI is InChI=1S/C36H40ClN3O6/c1-39-18-6-3-2-4-7-19-40-20-8-5-9-26-21-29(37)14-10-27(26)24-46-32-17-13-28(22-31(32)40)36(45,23-33(39)41)35(44)38-30-15-11-25(12-16-30)34(42)43/h3,6,10-17,21-22,45H,2,4-5,7-9,18-20,23-24H2,1H3,(H,38,44)(H,42,43)/b6-3+/t36-/m0/s1. The highest BCUT2D eigenvalue weighted by Crippen LogP contribution is 2.38. The third kappa shape index (κ3) is 7.89. The molecule has 2 aliphatic heterocycles. The van der Waals surface area contributed by atoms with Gasteiger partial charge in [-0.15, -0.1) is 0 Å². The number of carboxylic acid groups (broad SMARTS) is 1. The quantitative estimate of drug-likeness (QED) is 0.291. The highest BCUT2D eigenvalue weighted by atomic mass is 35.5. The van der Waals surface area contributed by atoms with Gasteiger partial charge < -0.3 is 30.1 Å². The van der Waals surface area contributed by atoms with Crippen molar-refractivity contribution in [3.05, 3.63) is 100 Å². The number of carbonyl (C=O) groups is 3. The van der Waals surface area contributed by atoms with E-state index in [9.17, 15) is 24.6 Å². The predicted octanol–water partition coefficient (Wildman–Crippen LogP) is 6.17. The number of carboxylic acids is 1. The fraction of sp³-hybridized carbons (Fsp3) is 0.361. The van der Waals surface area contributed by atoms with Crippen molar-refractivity contribution in [1.29, 1.82) is 0 Å². The number of carbonyl (C=O) groups excluding carboxylic acids is 2. The highest BCUT2D eigenvalue weighted by molar-refractivity contribution is 6.30. The van der Waals surface area contributed by atoms with Crippen molar-refractivity contribution in [1.82, 2.24) is 4.90 Å². The van der Waals surface area contributed by atoms with E-state index in [1.807, 2.05) is 24.3 Å². The number of likely N-dealkylation sites (N-methyl/N-ethyl adjacent to an activating group) is 1. The number of ether oxygens (including phenoxy) is 1. The fourth-order valence-electron chi connectivity index (χ4n) is 5.85. The van der Waals surface area contributed by atoms with E-state index in [4.69, 9.17) is 16.3 Å². The molecule has 1 atom stereocenters. The molecule has 0 radical (unpaired) electrons. The number of aliphatic hydroxyl groups is 1. The molecule has 0 aromatic heterocycles. The first kappa shape index (κ1) is 33.0. The van der Waals surface area contributed by atoms with E-state index in [1.165, 1.54) is 29.2 Å². The van der Waals surface area contributed by atoms with Gasteiger partial charge in [-0.25, -0.2) is 4.79 Å². The van der Waals surface area contributed by atoms with Gasteiger partial charge in [-0.1, -0.05) is 35.9 Å². The molecular formula is C36H40ClN3O6. The van der Waals surface area contributed by atoms with Crippen molar-refractivity contribution in [2.75, 3.05) is 36.9 Å². The van der Waals surface area contributed by atoms with Crippen molar-refractivity contribution in [2.45, 2.75) is 57.2 Å². The Balaban J connectivity index is 1.56. The SMILES string of the molecule is CN1C/C=C/CCCCN2CCCCc3cc(Cl)ccc3COc3ccc(cc32)[C@](O)(C(=O)Nc2ccc(C(=O)O)cc2)CC1=O. The number of hydrogen-bond donors (Lipinski definition) is 3. The fourth-order valence-corrected chi connectivity index (χ4v) is 6.05. The average molecular weight is 646 g/mol. The number of allylic oxidation sites excluding steroid dienone is 1. The summed E-state index contributed by atoms with van der Waals surface area (Å²) < 4.78 is 6.43. The van der Waals surface area contributed by atoms with Gasteiger partial charge in [0.2, 0.25) is 5.91 Å². The minimum Gasteiger partial charge on any atom is -0.487 e. The number of amides is 2. The number of rotatable bonds is 3. The second kappa shape index (κ2) is 14.8. The maximum atomic E-state index is 13.9. The van der Waals surface area contributed by atoms with Gasteiger partial charge >= 0.3 is 5.97 Å². The smallest absolute Gasteiger partial charge is 0.335 e. The molecule has 46 heavy (non-hydrogen) atoms. The second-order valence-electron chi connectivity index (χ2n) is 11.9. The first-order chi connectivity index (χ1) is 22.1. The molecule has 3 N–H and O–H groups in total. The Kier molecular flexibility index (Phi) is 10.7. The Morgan fingerprint density at radius 3 is 2.46 bits per heavy atom. The van der Waals surface area contributed by atoms with Crippen LogP contribution in [-0.2, 0) is 28.2 Å². The molecule has 242 valence electrons. The Morgan fingerprint density at radius 1 is 0.935 bits per heavy atom. The molecule has 10 heteroatoms. The lowest BCUT2D eigenvalue weighted by Gasteiger charge is -2.32. The minimum atomic E-state index is -2.24. The van der Waals surface area contributed by atoms with E-state index in [0.717, 1.165) is 68.4 Å². The lowest BCUT2D eigenvalue weighted by atomic mass is 9.87. The van der Waals surface area contributed by atoms with E-state index in [2.05, 4.69) is 16.3 Å². The summed E-state index contributed by atoms with van der Waals surface area (Å²) in [6.07, 6.45) is 9.02. The van der Waals surface area contributed by atoms with Crippen LogP contribution in [-0.4, -0.2) is 59.6 Å². The zero-order chi connectivity index (χ0) is 32.7. The molecule has 2 amide bonds. The largest absolute Gasteiger partial charge is 0.487 e. The van der Waals surface area contributed by atoms with Gasteiger partial charge in [0, 0.05) is 37.4 Å². The van der Waals surface area contributed by atoms with Crippen molar-refractivity contribution in [3.63, 3.8) is 0 Å². The lowest BCUT2D eigenvalue weighted by Crippen LogP contribution is -2.45. The number of aromatic carboxylic acids is 1. The van der Waals surface area contributed by atoms with Crippen LogP contribution >= 0.6 is 11.6 Å². The first-order valence-electron chi connectivity index (χ1n) is 15.7. The molecule has 0 fully saturated rings. The Hall–Kier alpha value is -4.34. The number of benzene rings is 3. The van der Waals surface area contributed by atoms with Gasteiger partial charge in [0.05, 0.1) is 17.7 Å². The molecule has 0 saturated heterocycles. The molecule has 0 spiro atoms. The molecule has 3 aromatic rings. The Bertz CT molecular complexity index is 1610. The van der Waals surface area contributed by atoms with Crippen LogP contribution in [0.25, 0.3) is 0 Å². The zero-order valence-corrected chi connectivity index (χ0v) is 26.8. The Labute approximate surface area is 274 Å². The van der Waals surface area contributed by atoms with Crippen LogP contribution in [0.4, 0.5) is 11.4 Å². The van der Waals surface area contributed by atoms with Gasteiger partial charge in [-0.3, -0.25) is 9.59 Å². The van der Waals surface area contributed by atoms with Crippen molar-refractivity contribution < 1.29 is 29.3 Å². The maximum Gasteiger partial charge on any atom is 0.335 e. The predicted molar refractivity (Wildman–Crippen MR) is 179 cm³/mol. The summed E-state index contributed by atoms with van der Waals surface area (Å²) in [6.45, 7) is 2.18. The second-order valence-corrected chi connectivity index (χ2v) is 12.4. The summed E-state index contributed by atoms with van der Waals surface area (Å²) >= 11 is 6.32. The summed E-state index contributed by atoms with van der Waals surface area (Å²) in [6, 6.07) is 16.7. The summed E-state index contributed by atoms with van der Waals surface area (Å²) in [7, 11) is 1.64. The van der Waals surface area contributed by atoms with Gasteiger partial charge in [-0.05, 0) is 104 Å². The van der Waals surface area contributed by atoms with Gasteiger partial charge in [0.25, 0.3) is 5.91 Å². The van der Waals surface area contributed by atoms with Crippen LogP contribution < -0.4 is 15.0 Å². The van der Waals surface area contributed by atoms with Gasteiger partial charge in [-0.2, -0.15) is 0 Å². The van der Waals surface area contributed by atoms with E-state index in [1.54, 1.807) is 25.2 Å².